The number of benzene rings is 2. The van der Waals surface area contributed by atoms with Crippen molar-refractivity contribution in [3.63, 3.8) is 0 Å². The van der Waals surface area contributed by atoms with Gasteiger partial charge in [-0.15, -0.1) is 0 Å². The Bertz CT molecular complexity index is 1030. The lowest BCUT2D eigenvalue weighted by Gasteiger charge is -2.29. The first-order valence-corrected chi connectivity index (χ1v) is 10.2. The summed E-state index contributed by atoms with van der Waals surface area (Å²) in [5.74, 6) is 0.683. The monoisotopic (exact) mass is 440 g/mol. The Hall–Kier alpha value is -3.39. The Morgan fingerprint density at radius 3 is 2.39 bits per heavy atom. The highest BCUT2D eigenvalue weighted by Crippen LogP contribution is 2.31. The quantitative estimate of drug-likeness (QED) is 0.402. The van der Waals surface area contributed by atoms with Crippen LogP contribution >= 0.6 is 12.2 Å². The number of ether oxygens (including phenoxy) is 3. The van der Waals surface area contributed by atoms with E-state index >= 15 is 0 Å². The van der Waals surface area contributed by atoms with Crippen LogP contribution in [0.25, 0.3) is 6.08 Å². The maximum Gasteiger partial charge on any atom is 0.270 e. The van der Waals surface area contributed by atoms with Gasteiger partial charge in [0, 0.05) is 0 Å². The number of rotatable bonds is 7. The third kappa shape index (κ3) is 4.86. The summed E-state index contributed by atoms with van der Waals surface area (Å²) in [5.41, 5.74) is 1.10. The van der Waals surface area contributed by atoms with Gasteiger partial charge in [-0.1, -0.05) is 13.0 Å². The zero-order chi connectivity index (χ0) is 22.5. The van der Waals surface area contributed by atoms with Crippen LogP contribution in [0, 0.1) is 0 Å². The van der Waals surface area contributed by atoms with Gasteiger partial charge in [0.15, 0.2) is 16.6 Å². The fourth-order valence-electron chi connectivity index (χ4n) is 2.96. The highest BCUT2D eigenvalue weighted by atomic mass is 32.1. The van der Waals surface area contributed by atoms with Gasteiger partial charge in [0.2, 0.25) is 0 Å². The molecule has 31 heavy (non-hydrogen) atoms. The molecule has 0 radical (unpaired) electrons. The molecule has 1 aliphatic rings. The molecule has 0 aromatic heterocycles. The van der Waals surface area contributed by atoms with Crippen molar-refractivity contribution < 1.29 is 23.8 Å². The molecular weight excluding hydrogens is 416 g/mol. The van der Waals surface area contributed by atoms with E-state index < -0.39 is 11.8 Å². The van der Waals surface area contributed by atoms with Gasteiger partial charge in [-0.3, -0.25) is 19.8 Å². The van der Waals surface area contributed by atoms with Crippen LogP contribution in [-0.4, -0.2) is 37.3 Å². The number of thiocarbonyl (C=S) groups is 1. The summed E-state index contributed by atoms with van der Waals surface area (Å²) in [7, 11) is 3.10. The molecule has 2 amide bonds. The van der Waals surface area contributed by atoms with Crippen molar-refractivity contribution >= 4 is 40.9 Å². The first-order valence-electron chi connectivity index (χ1n) is 9.78. The zero-order valence-corrected chi connectivity index (χ0v) is 18.6. The van der Waals surface area contributed by atoms with Gasteiger partial charge in [-0.25, -0.2) is 0 Å². The fraction of sp³-hybridized carbons (Fsp3) is 0.261. The first-order chi connectivity index (χ1) is 14.9. The fourth-order valence-corrected chi connectivity index (χ4v) is 3.24. The van der Waals surface area contributed by atoms with Crippen LogP contribution in [0.1, 0.15) is 25.8 Å². The van der Waals surface area contributed by atoms with E-state index in [9.17, 15) is 9.59 Å². The second-order valence-corrected chi connectivity index (χ2v) is 7.29. The standard InChI is InChI=1S/C23H24N2O5S/c1-5-14(2)30-19-11-6-15(13-20(19)29-4)12-18-21(26)24-23(31)25(22(18)27)16-7-9-17(28-3)10-8-16/h6-14H,5H2,1-4H3,(H,24,26,31)/b18-12-/t14-/m0/s1. The third-order valence-electron chi connectivity index (χ3n) is 4.83. The number of amides is 2. The molecule has 3 rings (SSSR count). The van der Waals surface area contributed by atoms with Crippen LogP contribution in [0.4, 0.5) is 5.69 Å². The number of nitrogens with one attached hydrogen (secondary N) is 1. The van der Waals surface area contributed by atoms with Gasteiger partial charge in [-0.2, -0.15) is 0 Å². The van der Waals surface area contributed by atoms with Crippen molar-refractivity contribution in [3.05, 3.63) is 53.6 Å². The highest BCUT2D eigenvalue weighted by molar-refractivity contribution is 7.80. The topological polar surface area (TPSA) is 77.1 Å². The van der Waals surface area contributed by atoms with Crippen LogP contribution in [-0.2, 0) is 9.59 Å². The number of hydrogen-bond acceptors (Lipinski definition) is 6. The Morgan fingerprint density at radius 1 is 1.06 bits per heavy atom. The second-order valence-electron chi connectivity index (χ2n) is 6.90. The summed E-state index contributed by atoms with van der Waals surface area (Å²) < 4.78 is 16.4. The molecule has 1 N–H and O–H groups in total. The summed E-state index contributed by atoms with van der Waals surface area (Å²) in [4.78, 5) is 26.9. The minimum absolute atomic E-state index is 0.0206. The molecule has 162 valence electrons. The zero-order valence-electron chi connectivity index (χ0n) is 17.8. The smallest absolute Gasteiger partial charge is 0.270 e. The van der Waals surface area contributed by atoms with Gasteiger partial charge in [0.05, 0.1) is 26.0 Å². The van der Waals surface area contributed by atoms with Crippen LogP contribution < -0.4 is 24.4 Å². The lowest BCUT2D eigenvalue weighted by molar-refractivity contribution is -0.122. The van der Waals surface area contributed by atoms with Crippen molar-refractivity contribution in [3.8, 4) is 17.2 Å². The normalized spacial score (nSPS) is 16.2. The van der Waals surface area contributed by atoms with E-state index in [1.807, 2.05) is 13.8 Å². The van der Waals surface area contributed by atoms with Gasteiger partial charge in [0.25, 0.3) is 11.8 Å². The van der Waals surface area contributed by atoms with E-state index in [0.717, 1.165) is 6.42 Å². The van der Waals surface area contributed by atoms with Gasteiger partial charge in [0.1, 0.15) is 11.3 Å². The number of hydrogen-bond donors (Lipinski definition) is 1. The summed E-state index contributed by atoms with van der Waals surface area (Å²) >= 11 is 5.23. The van der Waals surface area contributed by atoms with E-state index in [1.165, 1.54) is 18.1 Å². The van der Waals surface area contributed by atoms with E-state index in [4.69, 9.17) is 26.4 Å². The van der Waals surface area contributed by atoms with Crippen molar-refractivity contribution in [2.24, 2.45) is 0 Å². The molecule has 7 nitrogen and oxygen atoms in total. The Balaban J connectivity index is 1.93. The third-order valence-corrected chi connectivity index (χ3v) is 5.12. The second kappa shape index (κ2) is 9.61. The Labute approximate surface area is 186 Å². The summed E-state index contributed by atoms with van der Waals surface area (Å²) in [5, 5.41) is 2.59. The summed E-state index contributed by atoms with van der Waals surface area (Å²) in [6.45, 7) is 4.00. The molecule has 0 saturated carbocycles. The molecule has 1 aliphatic heterocycles. The predicted molar refractivity (Wildman–Crippen MR) is 123 cm³/mol. The van der Waals surface area contributed by atoms with E-state index in [-0.39, 0.29) is 16.8 Å². The van der Waals surface area contributed by atoms with Crippen LogP contribution in [0.3, 0.4) is 0 Å². The molecule has 1 fully saturated rings. The van der Waals surface area contributed by atoms with Crippen LogP contribution in [0.15, 0.2) is 48.0 Å². The summed E-state index contributed by atoms with van der Waals surface area (Å²) in [6, 6.07) is 12.1. The van der Waals surface area contributed by atoms with Gasteiger partial charge in [-0.05, 0) is 73.6 Å². The highest BCUT2D eigenvalue weighted by Gasteiger charge is 2.34. The van der Waals surface area contributed by atoms with Crippen molar-refractivity contribution in [1.82, 2.24) is 5.32 Å². The molecule has 2 aromatic rings. The van der Waals surface area contributed by atoms with E-state index in [1.54, 1.807) is 49.6 Å². The molecule has 0 spiro atoms. The Kier molecular flexibility index (Phi) is 6.91. The van der Waals surface area contributed by atoms with Crippen molar-refractivity contribution in [1.29, 1.82) is 0 Å². The van der Waals surface area contributed by atoms with Crippen LogP contribution in [0.2, 0.25) is 0 Å². The maximum atomic E-state index is 13.1. The summed E-state index contributed by atoms with van der Waals surface area (Å²) in [6.07, 6.45) is 2.39. The average molecular weight is 441 g/mol. The van der Waals surface area contributed by atoms with Crippen LogP contribution in [0.5, 0.6) is 17.2 Å². The lowest BCUT2D eigenvalue weighted by Crippen LogP contribution is -2.54. The molecule has 0 bridgehead atoms. The molecule has 0 aliphatic carbocycles. The van der Waals surface area contributed by atoms with Gasteiger partial charge >= 0.3 is 0 Å². The van der Waals surface area contributed by atoms with Gasteiger partial charge < -0.3 is 14.2 Å². The molecule has 1 heterocycles. The molecule has 1 atom stereocenters. The lowest BCUT2D eigenvalue weighted by atomic mass is 10.1. The number of methoxy groups -OCH3 is 2. The van der Waals surface area contributed by atoms with Crippen molar-refractivity contribution in [2.75, 3.05) is 19.1 Å². The largest absolute Gasteiger partial charge is 0.497 e. The van der Waals surface area contributed by atoms with E-state index in [0.29, 0.717) is 28.5 Å². The molecule has 8 heteroatoms. The SMILES string of the molecule is CC[C@H](C)Oc1ccc(/C=C2/C(=O)NC(=S)N(c3ccc(OC)cc3)C2=O)cc1OC. The molecular formula is C23H24N2O5S. The number of carbonyl (C=O) groups excluding carboxylic acids is 2. The minimum Gasteiger partial charge on any atom is -0.497 e. The number of carbonyl (C=O) groups is 2. The average Bonchev–Trinajstić information content (AvgIpc) is 2.77. The minimum atomic E-state index is -0.557. The number of nitrogens with zero attached hydrogens (tertiary/aromatic N) is 1. The maximum absolute atomic E-state index is 13.1. The molecule has 1 saturated heterocycles. The van der Waals surface area contributed by atoms with E-state index in [2.05, 4.69) is 5.32 Å². The van der Waals surface area contributed by atoms with Crippen molar-refractivity contribution in [2.45, 2.75) is 26.4 Å². The number of anilines is 1. The Morgan fingerprint density at radius 2 is 1.77 bits per heavy atom. The first kappa shape index (κ1) is 22.3. The molecule has 0 unspecified atom stereocenters. The molecule has 2 aromatic carbocycles. The predicted octanol–water partition coefficient (Wildman–Crippen LogP) is 3.71.